The maximum atomic E-state index is 14.0. The van der Waals surface area contributed by atoms with E-state index in [9.17, 15) is 14.5 Å². The summed E-state index contributed by atoms with van der Waals surface area (Å²) in [7, 11) is 1.87. The van der Waals surface area contributed by atoms with Crippen LogP contribution in [0.15, 0.2) is 48.9 Å². The number of benzene rings is 2. The fourth-order valence-electron chi connectivity index (χ4n) is 3.10. The van der Waals surface area contributed by atoms with Crippen molar-refractivity contribution in [3.05, 3.63) is 64.9 Å². The normalized spacial score (nSPS) is 10.9. The number of aromatic nitrogens is 4. The summed E-state index contributed by atoms with van der Waals surface area (Å²) in [5.74, 6) is -0.437. The molecule has 0 saturated carbocycles. The van der Waals surface area contributed by atoms with Crippen LogP contribution >= 0.6 is 0 Å². The first-order chi connectivity index (χ1) is 14.5. The molecule has 0 unspecified atom stereocenters. The van der Waals surface area contributed by atoms with E-state index >= 15 is 0 Å². The van der Waals surface area contributed by atoms with E-state index in [1.165, 1.54) is 6.33 Å². The van der Waals surface area contributed by atoms with E-state index in [2.05, 4.69) is 20.4 Å². The Labute approximate surface area is 170 Å². The number of anilines is 2. The zero-order valence-electron chi connectivity index (χ0n) is 16.2. The standard InChI is InChI=1S/C20H17FN6O3/c1-3-30-19-7-14(21)18(27(28)29)8-16(19)25-20-9-15(22-11-23-20)12-4-5-17-13(6-12)10-24-26(17)2/h4-11H,3H2,1-2H3,(H,22,23,25). The Kier molecular flexibility index (Phi) is 4.97. The van der Waals surface area contributed by atoms with Gasteiger partial charge < -0.3 is 10.1 Å². The third-order valence-corrected chi connectivity index (χ3v) is 4.52. The van der Waals surface area contributed by atoms with Gasteiger partial charge in [-0.15, -0.1) is 0 Å². The van der Waals surface area contributed by atoms with E-state index in [4.69, 9.17) is 4.74 Å². The number of nitrogens with one attached hydrogen (secondary N) is 1. The lowest BCUT2D eigenvalue weighted by molar-refractivity contribution is -0.387. The van der Waals surface area contributed by atoms with Crippen molar-refractivity contribution in [1.29, 1.82) is 0 Å². The highest BCUT2D eigenvalue weighted by Crippen LogP contribution is 2.34. The first kappa shape index (κ1) is 19.2. The topological polar surface area (TPSA) is 108 Å². The van der Waals surface area contributed by atoms with Crippen molar-refractivity contribution in [3.8, 4) is 17.0 Å². The number of hydrogen-bond donors (Lipinski definition) is 1. The molecule has 0 radical (unpaired) electrons. The molecular formula is C20H17FN6O3. The summed E-state index contributed by atoms with van der Waals surface area (Å²) in [6, 6.07) is 9.60. The maximum Gasteiger partial charge on any atom is 0.307 e. The average molecular weight is 408 g/mol. The molecule has 1 N–H and O–H groups in total. The average Bonchev–Trinajstić information content (AvgIpc) is 3.10. The van der Waals surface area contributed by atoms with E-state index in [0.717, 1.165) is 28.6 Å². The van der Waals surface area contributed by atoms with Crippen molar-refractivity contribution < 1.29 is 14.1 Å². The number of fused-ring (bicyclic) bond motifs is 1. The summed E-state index contributed by atoms with van der Waals surface area (Å²) in [5, 5.41) is 19.3. The van der Waals surface area contributed by atoms with Gasteiger partial charge >= 0.3 is 5.69 Å². The van der Waals surface area contributed by atoms with Gasteiger partial charge in [-0.05, 0) is 19.1 Å². The Hall–Kier alpha value is -4.08. The Balaban J connectivity index is 1.70. The Morgan fingerprint density at radius 2 is 2.07 bits per heavy atom. The van der Waals surface area contributed by atoms with Crippen LogP contribution in [-0.4, -0.2) is 31.3 Å². The quantitative estimate of drug-likeness (QED) is 0.376. The van der Waals surface area contributed by atoms with Crippen LogP contribution in [0, 0.1) is 15.9 Å². The second-order valence-electron chi connectivity index (χ2n) is 6.45. The van der Waals surface area contributed by atoms with Crippen molar-refractivity contribution >= 4 is 28.1 Å². The molecular weight excluding hydrogens is 391 g/mol. The van der Waals surface area contributed by atoms with Crippen LogP contribution in [0.4, 0.5) is 21.6 Å². The molecule has 0 fully saturated rings. The number of ether oxygens (including phenoxy) is 1. The molecule has 0 spiro atoms. The Bertz CT molecular complexity index is 1260. The maximum absolute atomic E-state index is 14.0. The number of aryl methyl sites for hydroxylation is 1. The molecule has 30 heavy (non-hydrogen) atoms. The Morgan fingerprint density at radius 1 is 1.23 bits per heavy atom. The minimum Gasteiger partial charge on any atom is -0.492 e. The SMILES string of the molecule is CCOc1cc(F)c([N+](=O)[O-])cc1Nc1cc(-c2ccc3c(cnn3C)c2)ncn1. The molecule has 2 aromatic heterocycles. The van der Waals surface area contributed by atoms with Crippen LogP contribution in [-0.2, 0) is 7.05 Å². The minimum atomic E-state index is -0.970. The molecule has 10 heteroatoms. The van der Waals surface area contributed by atoms with E-state index in [-0.39, 0.29) is 18.0 Å². The van der Waals surface area contributed by atoms with Gasteiger partial charge in [-0.2, -0.15) is 9.49 Å². The molecule has 0 bridgehead atoms. The van der Waals surface area contributed by atoms with Crippen molar-refractivity contribution in [3.63, 3.8) is 0 Å². The van der Waals surface area contributed by atoms with Crippen LogP contribution in [0.5, 0.6) is 5.75 Å². The van der Waals surface area contributed by atoms with Crippen molar-refractivity contribution in [1.82, 2.24) is 19.7 Å². The summed E-state index contributed by atoms with van der Waals surface area (Å²) in [5.41, 5.74) is 2.07. The zero-order valence-corrected chi connectivity index (χ0v) is 16.2. The van der Waals surface area contributed by atoms with Crippen molar-refractivity contribution in [2.24, 2.45) is 7.05 Å². The van der Waals surface area contributed by atoms with E-state index in [1.54, 1.807) is 23.9 Å². The monoisotopic (exact) mass is 408 g/mol. The predicted molar refractivity (Wildman–Crippen MR) is 109 cm³/mol. The van der Waals surface area contributed by atoms with E-state index < -0.39 is 16.4 Å². The molecule has 4 rings (SSSR count). The number of halogens is 1. The van der Waals surface area contributed by atoms with Crippen LogP contribution in [0.2, 0.25) is 0 Å². The van der Waals surface area contributed by atoms with Crippen molar-refractivity contribution in [2.45, 2.75) is 6.92 Å². The fourth-order valence-corrected chi connectivity index (χ4v) is 3.10. The number of hydrogen-bond acceptors (Lipinski definition) is 7. The molecule has 9 nitrogen and oxygen atoms in total. The molecule has 0 saturated heterocycles. The predicted octanol–water partition coefficient (Wildman–Crippen LogP) is 4.22. The lowest BCUT2D eigenvalue weighted by Crippen LogP contribution is -2.03. The molecule has 0 aliphatic carbocycles. The van der Waals surface area contributed by atoms with Crippen LogP contribution in [0.25, 0.3) is 22.2 Å². The highest BCUT2D eigenvalue weighted by Gasteiger charge is 2.20. The van der Waals surface area contributed by atoms with Gasteiger partial charge in [0.15, 0.2) is 0 Å². The highest BCUT2D eigenvalue weighted by molar-refractivity contribution is 5.84. The van der Waals surface area contributed by atoms with Crippen molar-refractivity contribution in [2.75, 3.05) is 11.9 Å². The zero-order chi connectivity index (χ0) is 21.3. The molecule has 0 aliphatic rings. The van der Waals surface area contributed by atoms with Gasteiger partial charge in [0.25, 0.3) is 0 Å². The molecule has 4 aromatic rings. The van der Waals surface area contributed by atoms with Crippen LogP contribution in [0.1, 0.15) is 6.92 Å². The van der Waals surface area contributed by atoms with Crippen LogP contribution in [0.3, 0.4) is 0 Å². The van der Waals surface area contributed by atoms with Gasteiger partial charge in [0, 0.05) is 36.2 Å². The molecule has 2 heterocycles. The van der Waals surface area contributed by atoms with Gasteiger partial charge in [-0.3, -0.25) is 14.8 Å². The van der Waals surface area contributed by atoms with E-state index in [0.29, 0.717) is 11.5 Å². The number of nitro benzene ring substituents is 1. The number of nitrogens with zero attached hydrogens (tertiary/aromatic N) is 5. The first-order valence-electron chi connectivity index (χ1n) is 9.08. The van der Waals surface area contributed by atoms with Gasteiger partial charge in [0.2, 0.25) is 5.82 Å². The lowest BCUT2D eigenvalue weighted by Gasteiger charge is -2.12. The molecule has 2 aromatic carbocycles. The van der Waals surface area contributed by atoms with Gasteiger partial charge in [-0.1, -0.05) is 6.07 Å². The Morgan fingerprint density at radius 3 is 2.83 bits per heavy atom. The third-order valence-electron chi connectivity index (χ3n) is 4.52. The number of nitro groups is 1. The summed E-state index contributed by atoms with van der Waals surface area (Å²) in [6.45, 7) is 2.01. The second-order valence-corrected chi connectivity index (χ2v) is 6.45. The van der Waals surface area contributed by atoms with Gasteiger partial charge in [0.1, 0.15) is 17.9 Å². The minimum absolute atomic E-state index is 0.151. The molecule has 0 atom stereocenters. The van der Waals surface area contributed by atoms with Gasteiger partial charge in [-0.25, -0.2) is 9.97 Å². The largest absolute Gasteiger partial charge is 0.492 e. The molecule has 0 amide bonds. The smallest absolute Gasteiger partial charge is 0.307 e. The summed E-state index contributed by atoms with van der Waals surface area (Å²) < 4.78 is 21.2. The first-order valence-corrected chi connectivity index (χ1v) is 9.08. The van der Waals surface area contributed by atoms with Crippen LogP contribution < -0.4 is 10.1 Å². The summed E-state index contributed by atoms with van der Waals surface area (Å²) in [4.78, 5) is 18.8. The molecule has 152 valence electrons. The van der Waals surface area contributed by atoms with Gasteiger partial charge in [0.05, 0.1) is 34.6 Å². The third kappa shape index (κ3) is 3.62. The van der Waals surface area contributed by atoms with E-state index in [1.807, 2.05) is 25.2 Å². The fraction of sp³-hybridized carbons (Fsp3) is 0.150. The summed E-state index contributed by atoms with van der Waals surface area (Å²) in [6.07, 6.45) is 3.15. The lowest BCUT2D eigenvalue weighted by atomic mass is 10.1. The second kappa shape index (κ2) is 7.74. The molecule has 0 aliphatic heterocycles. The summed E-state index contributed by atoms with van der Waals surface area (Å²) >= 11 is 0. The number of rotatable bonds is 6. The highest BCUT2D eigenvalue weighted by atomic mass is 19.1.